The highest BCUT2D eigenvalue weighted by Crippen LogP contribution is 2.31. The van der Waals surface area contributed by atoms with E-state index in [1.165, 1.54) is 20.4 Å². The van der Waals surface area contributed by atoms with Gasteiger partial charge in [-0.15, -0.1) is 11.3 Å². The van der Waals surface area contributed by atoms with Gasteiger partial charge < -0.3 is 14.4 Å². The highest BCUT2D eigenvalue weighted by molar-refractivity contribution is 7.15. The van der Waals surface area contributed by atoms with Gasteiger partial charge in [0.2, 0.25) is 5.91 Å². The normalized spacial score (nSPS) is 17.1. The molecule has 1 amide bonds. The number of rotatable bonds is 4. The first-order chi connectivity index (χ1) is 18.2. The van der Waals surface area contributed by atoms with E-state index in [9.17, 15) is 18.4 Å². The maximum Gasteiger partial charge on any atom is 0.268 e. The summed E-state index contributed by atoms with van der Waals surface area (Å²) < 4.78 is 42.4. The Bertz CT molecular complexity index is 1610. The van der Waals surface area contributed by atoms with Gasteiger partial charge in [0, 0.05) is 48.8 Å². The number of likely N-dealkylation sites (tertiary alicyclic amines) is 1. The van der Waals surface area contributed by atoms with Gasteiger partial charge in [0.25, 0.3) is 5.56 Å². The minimum Gasteiger partial charge on any atom is -0.347 e. The molecule has 1 aromatic carbocycles. The number of amides is 1. The topological polar surface area (TPSA) is 91.0 Å². The molecule has 0 atom stereocenters. The van der Waals surface area contributed by atoms with E-state index in [4.69, 9.17) is 9.47 Å². The van der Waals surface area contributed by atoms with Crippen LogP contribution >= 0.6 is 11.3 Å². The average molecular weight is 542 g/mol. The van der Waals surface area contributed by atoms with Crippen LogP contribution in [0.25, 0.3) is 21.9 Å². The first-order valence-corrected chi connectivity index (χ1v) is 13.2. The molecular formula is C26H25F2N5O4S. The molecule has 38 heavy (non-hydrogen) atoms. The molecule has 9 nitrogen and oxygen atoms in total. The highest BCUT2D eigenvalue weighted by atomic mass is 32.1. The Morgan fingerprint density at radius 1 is 1.13 bits per heavy atom. The number of hydrogen-bond donors (Lipinski definition) is 0. The molecule has 6 rings (SSSR count). The van der Waals surface area contributed by atoms with Crippen molar-refractivity contribution < 1.29 is 23.0 Å². The first kappa shape index (κ1) is 24.8. The summed E-state index contributed by atoms with van der Waals surface area (Å²) in [5, 5.41) is 6.19. The van der Waals surface area contributed by atoms with Crippen LogP contribution < -0.4 is 5.56 Å². The number of nitrogens with zero attached hydrogens (tertiary/aromatic N) is 5. The summed E-state index contributed by atoms with van der Waals surface area (Å²) >= 11 is 1.28. The zero-order chi connectivity index (χ0) is 26.6. The second-order valence-corrected chi connectivity index (χ2v) is 10.4. The van der Waals surface area contributed by atoms with Crippen LogP contribution in [0.5, 0.6) is 0 Å². The molecule has 1 spiro atoms. The summed E-state index contributed by atoms with van der Waals surface area (Å²) in [4.78, 5) is 33.7. The molecule has 0 saturated carbocycles. The number of piperidine rings is 1. The van der Waals surface area contributed by atoms with Crippen molar-refractivity contribution in [2.24, 2.45) is 0 Å². The number of aromatic nitrogens is 4. The Balaban J connectivity index is 1.31. The van der Waals surface area contributed by atoms with E-state index in [1.54, 1.807) is 30.2 Å². The third-order valence-electron chi connectivity index (χ3n) is 7.12. The highest BCUT2D eigenvalue weighted by Gasteiger charge is 2.40. The number of benzene rings is 1. The van der Waals surface area contributed by atoms with E-state index in [2.05, 4.69) is 10.1 Å². The fourth-order valence-corrected chi connectivity index (χ4v) is 6.09. The van der Waals surface area contributed by atoms with Crippen LogP contribution in [0.1, 0.15) is 29.9 Å². The lowest BCUT2D eigenvalue weighted by molar-refractivity contribution is -0.187. The van der Waals surface area contributed by atoms with Gasteiger partial charge in [-0.25, -0.2) is 18.4 Å². The predicted octanol–water partition coefficient (Wildman–Crippen LogP) is 3.41. The number of aryl methyl sites for hydroxylation is 2. The zero-order valence-electron chi connectivity index (χ0n) is 20.9. The van der Waals surface area contributed by atoms with E-state index in [0.717, 1.165) is 18.2 Å². The number of carbonyl (C=O) groups is 1. The lowest BCUT2D eigenvalue weighted by Gasteiger charge is -2.37. The van der Waals surface area contributed by atoms with E-state index in [-0.39, 0.29) is 34.8 Å². The number of hydrogen-bond acceptors (Lipinski definition) is 7. The van der Waals surface area contributed by atoms with Gasteiger partial charge in [-0.2, -0.15) is 5.10 Å². The fourth-order valence-electron chi connectivity index (χ4n) is 5.16. The van der Waals surface area contributed by atoms with Crippen LogP contribution in [0, 0.1) is 25.5 Å². The molecule has 2 aliphatic heterocycles. The largest absolute Gasteiger partial charge is 0.347 e. The number of carbonyl (C=O) groups excluding carboxylic acids is 1. The third-order valence-corrected chi connectivity index (χ3v) is 8.00. The monoisotopic (exact) mass is 541 g/mol. The van der Waals surface area contributed by atoms with Gasteiger partial charge >= 0.3 is 0 Å². The molecule has 0 aliphatic carbocycles. The number of fused-ring (bicyclic) bond motifs is 1. The summed E-state index contributed by atoms with van der Waals surface area (Å²) in [6.07, 6.45) is 1.27. The van der Waals surface area contributed by atoms with E-state index in [0.29, 0.717) is 61.2 Å². The first-order valence-electron chi connectivity index (χ1n) is 12.3. The van der Waals surface area contributed by atoms with Crippen LogP contribution in [0.3, 0.4) is 0 Å². The average Bonchev–Trinajstić information content (AvgIpc) is 3.60. The second kappa shape index (κ2) is 9.37. The van der Waals surface area contributed by atoms with Crippen molar-refractivity contribution in [3.63, 3.8) is 0 Å². The Morgan fingerprint density at radius 3 is 2.61 bits per heavy atom. The minimum atomic E-state index is -0.639. The van der Waals surface area contributed by atoms with Crippen LogP contribution in [-0.2, 0) is 20.7 Å². The number of ether oxygens (including phenoxy) is 2. The van der Waals surface area contributed by atoms with Gasteiger partial charge in [-0.1, -0.05) is 0 Å². The summed E-state index contributed by atoms with van der Waals surface area (Å²) in [6.45, 7) is 5.58. The molecule has 4 aromatic rings. The lowest BCUT2D eigenvalue weighted by atomic mass is 10.0. The molecule has 198 valence electrons. The van der Waals surface area contributed by atoms with E-state index >= 15 is 0 Å². The number of thiazole rings is 1. The molecule has 0 bridgehead atoms. The van der Waals surface area contributed by atoms with Gasteiger partial charge in [-0.05, 0) is 32.0 Å². The van der Waals surface area contributed by atoms with Crippen molar-refractivity contribution in [2.45, 2.75) is 38.9 Å². The SMILES string of the molecule is Cc1nc2scc(CC(=O)N3CCC4(CC3)OCCO4)n2c(=O)c1-c1cc(C)n(-c2cc(F)ccc2F)n1. The maximum atomic E-state index is 14.4. The Morgan fingerprint density at radius 2 is 1.87 bits per heavy atom. The Labute approximate surface area is 220 Å². The van der Waals surface area contributed by atoms with Gasteiger partial charge in [0.1, 0.15) is 23.0 Å². The van der Waals surface area contributed by atoms with Crippen molar-refractivity contribution in [2.75, 3.05) is 26.3 Å². The van der Waals surface area contributed by atoms with Crippen LogP contribution in [-0.4, -0.2) is 62.1 Å². The predicted molar refractivity (Wildman–Crippen MR) is 135 cm³/mol. The number of halogens is 2. The summed E-state index contributed by atoms with van der Waals surface area (Å²) in [6, 6.07) is 4.75. The molecule has 0 N–H and O–H groups in total. The minimum absolute atomic E-state index is 0.0424. The van der Waals surface area contributed by atoms with Crippen molar-refractivity contribution >= 4 is 22.2 Å². The maximum absolute atomic E-state index is 14.4. The molecule has 2 aliphatic rings. The van der Waals surface area contributed by atoms with Crippen molar-refractivity contribution in [3.8, 4) is 16.9 Å². The van der Waals surface area contributed by atoms with Crippen LogP contribution in [0.2, 0.25) is 0 Å². The Kier molecular flexibility index (Phi) is 6.12. The standard InChI is InChI=1S/C26H25F2N5O4S/c1-15-11-20(30-33(15)21-12-17(27)3-4-19(21)28)23-16(2)29-25-32(24(23)35)18(14-38-25)13-22(34)31-7-5-26(6-8-31)36-9-10-37-26/h3-4,11-12,14H,5-10,13H2,1-2H3. The van der Waals surface area contributed by atoms with E-state index < -0.39 is 17.4 Å². The van der Waals surface area contributed by atoms with Crippen LogP contribution in [0.15, 0.2) is 34.4 Å². The van der Waals surface area contributed by atoms with Crippen molar-refractivity contribution in [1.82, 2.24) is 24.1 Å². The molecule has 0 unspecified atom stereocenters. The van der Waals surface area contributed by atoms with Gasteiger partial charge in [-0.3, -0.25) is 14.0 Å². The van der Waals surface area contributed by atoms with Crippen molar-refractivity contribution in [3.05, 3.63) is 68.7 Å². The molecule has 5 heterocycles. The smallest absolute Gasteiger partial charge is 0.268 e. The summed E-state index contributed by atoms with van der Waals surface area (Å²) in [5.41, 5.74) is 1.62. The summed E-state index contributed by atoms with van der Waals surface area (Å²) in [7, 11) is 0. The fraction of sp³-hybridized carbons (Fsp3) is 0.385. The van der Waals surface area contributed by atoms with Gasteiger partial charge in [0.05, 0.1) is 30.9 Å². The van der Waals surface area contributed by atoms with E-state index in [1.807, 2.05) is 0 Å². The Hall–Kier alpha value is -3.48. The molecule has 2 saturated heterocycles. The lowest BCUT2D eigenvalue weighted by Crippen LogP contribution is -2.47. The third kappa shape index (κ3) is 4.22. The van der Waals surface area contributed by atoms with Crippen molar-refractivity contribution in [1.29, 1.82) is 0 Å². The molecule has 3 aromatic heterocycles. The van der Waals surface area contributed by atoms with Crippen LogP contribution in [0.4, 0.5) is 8.78 Å². The molecule has 12 heteroatoms. The van der Waals surface area contributed by atoms with Gasteiger partial charge in [0.15, 0.2) is 10.7 Å². The molecular weight excluding hydrogens is 516 g/mol. The zero-order valence-corrected chi connectivity index (χ0v) is 21.7. The quantitative estimate of drug-likeness (QED) is 0.393. The second-order valence-electron chi connectivity index (χ2n) is 9.57. The summed E-state index contributed by atoms with van der Waals surface area (Å²) in [5.74, 6) is -1.90. The molecule has 2 fully saturated rings. The molecule has 0 radical (unpaired) electrons.